The molecule has 1 saturated carbocycles. The number of nitrogens with zero attached hydrogens (tertiary/aromatic N) is 6. The molecule has 158 valence electrons. The molecule has 3 aromatic rings. The molecule has 1 aliphatic rings. The fourth-order valence-electron chi connectivity index (χ4n) is 3.84. The van der Waals surface area contributed by atoms with E-state index >= 15 is 0 Å². The molecule has 1 aliphatic carbocycles. The Kier molecular flexibility index (Phi) is 5.87. The second-order valence-electron chi connectivity index (χ2n) is 7.56. The third kappa shape index (κ3) is 4.10. The van der Waals surface area contributed by atoms with Crippen molar-refractivity contribution in [3.05, 3.63) is 24.5 Å². The summed E-state index contributed by atoms with van der Waals surface area (Å²) in [6, 6.07) is 0.232. The topological polar surface area (TPSA) is 108 Å². The van der Waals surface area contributed by atoms with Gasteiger partial charge in [0.2, 0.25) is 11.8 Å². The van der Waals surface area contributed by atoms with Crippen LogP contribution < -0.4 is 10.1 Å². The third-order valence-corrected chi connectivity index (χ3v) is 5.49. The van der Waals surface area contributed by atoms with Crippen molar-refractivity contribution in [2.75, 3.05) is 0 Å². The highest BCUT2D eigenvalue weighted by molar-refractivity contribution is 5.81. The molecule has 1 amide bonds. The van der Waals surface area contributed by atoms with Gasteiger partial charge in [-0.2, -0.15) is 4.98 Å². The molecule has 3 heterocycles. The Bertz CT molecular complexity index is 1020. The maximum atomic E-state index is 11.6. The van der Waals surface area contributed by atoms with Gasteiger partial charge in [0, 0.05) is 31.4 Å². The van der Waals surface area contributed by atoms with Crippen LogP contribution >= 0.6 is 0 Å². The van der Waals surface area contributed by atoms with Gasteiger partial charge < -0.3 is 14.6 Å². The Balaban J connectivity index is 1.55. The predicted molar refractivity (Wildman–Crippen MR) is 112 cm³/mol. The molecule has 0 aliphatic heterocycles. The van der Waals surface area contributed by atoms with Crippen molar-refractivity contribution < 1.29 is 9.53 Å². The Labute approximate surface area is 175 Å². The SMILES string of the molecule is CCC(=O)NC1CCC(Oc2ncnc3c2nc(-c2cnc(C)nc2)n3CC)CC1. The van der Waals surface area contributed by atoms with E-state index in [1.54, 1.807) is 12.4 Å². The average molecular weight is 409 g/mol. The van der Waals surface area contributed by atoms with E-state index in [-0.39, 0.29) is 18.1 Å². The van der Waals surface area contributed by atoms with Gasteiger partial charge in [0.15, 0.2) is 11.2 Å². The van der Waals surface area contributed by atoms with Gasteiger partial charge in [0.1, 0.15) is 24.1 Å². The van der Waals surface area contributed by atoms with Crippen LogP contribution in [0.3, 0.4) is 0 Å². The van der Waals surface area contributed by atoms with Crippen LogP contribution in [0, 0.1) is 6.92 Å². The van der Waals surface area contributed by atoms with Crippen molar-refractivity contribution in [1.82, 2.24) is 34.8 Å². The number of aryl methyl sites for hydroxylation is 2. The number of carbonyl (C=O) groups is 1. The summed E-state index contributed by atoms with van der Waals surface area (Å²) in [5.74, 6) is 2.08. The lowest BCUT2D eigenvalue weighted by Crippen LogP contribution is -2.39. The molecule has 0 spiro atoms. The third-order valence-electron chi connectivity index (χ3n) is 5.49. The molecule has 1 N–H and O–H groups in total. The van der Waals surface area contributed by atoms with E-state index in [0.29, 0.717) is 30.2 Å². The number of amides is 1. The minimum absolute atomic E-state index is 0.0517. The van der Waals surface area contributed by atoms with Gasteiger partial charge in [-0.1, -0.05) is 6.92 Å². The Hall–Kier alpha value is -3.10. The van der Waals surface area contributed by atoms with Crippen LogP contribution in [0.15, 0.2) is 18.7 Å². The molecular formula is C21H27N7O2. The van der Waals surface area contributed by atoms with Gasteiger partial charge in [-0.15, -0.1) is 0 Å². The minimum atomic E-state index is 0.0517. The molecule has 0 radical (unpaired) electrons. The second kappa shape index (κ2) is 8.73. The van der Waals surface area contributed by atoms with E-state index in [0.717, 1.165) is 42.7 Å². The van der Waals surface area contributed by atoms with Gasteiger partial charge >= 0.3 is 0 Å². The number of imidazole rings is 1. The van der Waals surface area contributed by atoms with Crippen LogP contribution in [0.5, 0.6) is 5.88 Å². The average Bonchev–Trinajstić information content (AvgIpc) is 3.15. The zero-order chi connectivity index (χ0) is 21.1. The number of aromatic nitrogens is 6. The first-order chi connectivity index (χ1) is 14.6. The lowest BCUT2D eigenvalue weighted by Gasteiger charge is -2.29. The summed E-state index contributed by atoms with van der Waals surface area (Å²) in [4.78, 5) is 33.8. The lowest BCUT2D eigenvalue weighted by molar-refractivity contribution is -0.121. The standard InChI is InChI=1S/C21H27N7O2/c1-4-17(29)26-15-6-8-16(9-7-15)30-21-18-20(24-12-25-21)28(5-2)19(27-18)14-10-22-13(3)23-11-14/h10-12,15-16H,4-9H2,1-3H3,(H,26,29). The van der Waals surface area contributed by atoms with Gasteiger partial charge in [0.05, 0.1) is 5.56 Å². The molecule has 1 fully saturated rings. The number of hydrogen-bond acceptors (Lipinski definition) is 7. The summed E-state index contributed by atoms with van der Waals surface area (Å²) < 4.78 is 8.27. The summed E-state index contributed by atoms with van der Waals surface area (Å²) in [7, 11) is 0. The van der Waals surface area contributed by atoms with Gasteiger partial charge in [-0.05, 0) is 39.5 Å². The Morgan fingerprint density at radius 2 is 1.87 bits per heavy atom. The van der Waals surface area contributed by atoms with E-state index in [1.807, 2.05) is 25.3 Å². The van der Waals surface area contributed by atoms with Crippen molar-refractivity contribution in [1.29, 1.82) is 0 Å². The molecule has 0 saturated heterocycles. The van der Waals surface area contributed by atoms with Gasteiger partial charge in [0.25, 0.3) is 0 Å². The molecule has 0 aromatic carbocycles. The van der Waals surface area contributed by atoms with E-state index in [2.05, 4.69) is 25.3 Å². The monoisotopic (exact) mass is 409 g/mol. The number of carbonyl (C=O) groups excluding carboxylic acids is 1. The highest BCUT2D eigenvalue weighted by Crippen LogP contribution is 2.30. The van der Waals surface area contributed by atoms with Crippen LogP contribution in [0.4, 0.5) is 0 Å². The molecule has 0 unspecified atom stereocenters. The number of ether oxygens (including phenoxy) is 1. The number of rotatable bonds is 6. The molecule has 3 aromatic heterocycles. The highest BCUT2D eigenvalue weighted by atomic mass is 16.5. The first-order valence-electron chi connectivity index (χ1n) is 10.5. The largest absolute Gasteiger partial charge is 0.473 e. The molecule has 4 rings (SSSR count). The Morgan fingerprint density at radius 1 is 1.13 bits per heavy atom. The van der Waals surface area contributed by atoms with Crippen molar-refractivity contribution >= 4 is 17.1 Å². The quantitative estimate of drug-likeness (QED) is 0.667. The number of hydrogen-bond donors (Lipinski definition) is 1. The van der Waals surface area contributed by atoms with Crippen molar-refractivity contribution in [3.63, 3.8) is 0 Å². The predicted octanol–water partition coefficient (Wildman–Crippen LogP) is 2.83. The molecule has 0 atom stereocenters. The first kappa shape index (κ1) is 20.2. The summed E-state index contributed by atoms with van der Waals surface area (Å²) in [5.41, 5.74) is 2.22. The summed E-state index contributed by atoms with van der Waals surface area (Å²) in [6.45, 7) is 6.48. The van der Waals surface area contributed by atoms with Crippen LogP contribution in [-0.2, 0) is 11.3 Å². The second-order valence-corrected chi connectivity index (χ2v) is 7.56. The normalized spacial score (nSPS) is 19.0. The van der Waals surface area contributed by atoms with Crippen molar-refractivity contribution in [2.24, 2.45) is 0 Å². The smallest absolute Gasteiger partial charge is 0.245 e. The van der Waals surface area contributed by atoms with E-state index in [1.165, 1.54) is 6.33 Å². The van der Waals surface area contributed by atoms with Crippen LogP contribution in [0.2, 0.25) is 0 Å². The molecular weight excluding hydrogens is 382 g/mol. The number of nitrogens with one attached hydrogen (secondary N) is 1. The molecule has 9 heteroatoms. The summed E-state index contributed by atoms with van der Waals surface area (Å²) in [5, 5.41) is 3.08. The van der Waals surface area contributed by atoms with Gasteiger partial charge in [-0.3, -0.25) is 4.79 Å². The Morgan fingerprint density at radius 3 is 2.53 bits per heavy atom. The summed E-state index contributed by atoms with van der Waals surface area (Å²) >= 11 is 0. The van der Waals surface area contributed by atoms with E-state index in [4.69, 9.17) is 9.72 Å². The van der Waals surface area contributed by atoms with Crippen LogP contribution in [-0.4, -0.2) is 47.5 Å². The van der Waals surface area contributed by atoms with Crippen molar-refractivity contribution in [3.8, 4) is 17.3 Å². The van der Waals surface area contributed by atoms with Crippen LogP contribution in [0.1, 0.15) is 51.8 Å². The van der Waals surface area contributed by atoms with E-state index < -0.39 is 0 Å². The zero-order valence-electron chi connectivity index (χ0n) is 17.6. The van der Waals surface area contributed by atoms with Crippen LogP contribution in [0.25, 0.3) is 22.6 Å². The minimum Gasteiger partial charge on any atom is -0.473 e. The molecule has 9 nitrogen and oxygen atoms in total. The zero-order valence-corrected chi connectivity index (χ0v) is 17.6. The summed E-state index contributed by atoms with van der Waals surface area (Å²) in [6.07, 6.45) is 9.18. The number of fused-ring (bicyclic) bond motifs is 1. The first-order valence-corrected chi connectivity index (χ1v) is 10.5. The lowest BCUT2D eigenvalue weighted by atomic mass is 9.93. The van der Waals surface area contributed by atoms with Gasteiger partial charge in [-0.25, -0.2) is 19.9 Å². The van der Waals surface area contributed by atoms with E-state index in [9.17, 15) is 4.79 Å². The van der Waals surface area contributed by atoms with Crippen molar-refractivity contribution in [2.45, 2.75) is 71.6 Å². The maximum absolute atomic E-state index is 11.6. The highest BCUT2D eigenvalue weighted by Gasteiger charge is 2.25. The fourth-order valence-corrected chi connectivity index (χ4v) is 3.84. The maximum Gasteiger partial charge on any atom is 0.245 e. The fraction of sp³-hybridized carbons (Fsp3) is 0.524. The molecule has 30 heavy (non-hydrogen) atoms. The molecule has 0 bridgehead atoms.